The Bertz CT molecular complexity index is 1950. The Labute approximate surface area is 201 Å². The lowest BCUT2D eigenvalue weighted by atomic mass is 10.0. The number of rotatable bonds is 2. The van der Waals surface area contributed by atoms with E-state index in [9.17, 15) is 0 Å². The van der Waals surface area contributed by atoms with E-state index >= 15 is 0 Å². The second-order valence-corrected chi connectivity index (χ2v) is 9.30. The van der Waals surface area contributed by atoms with Crippen LogP contribution in [0.1, 0.15) is 16.8 Å². The molecule has 0 saturated heterocycles. The second-order valence-electron chi connectivity index (χ2n) is 9.30. The third-order valence-electron chi connectivity index (χ3n) is 7.06. The molecule has 170 valence electrons. The van der Waals surface area contributed by atoms with E-state index in [1.807, 2.05) is 19.1 Å². The van der Waals surface area contributed by atoms with Crippen LogP contribution in [-0.4, -0.2) is 9.55 Å². The molecule has 4 heterocycles. The van der Waals surface area contributed by atoms with Crippen LogP contribution < -0.4 is 4.57 Å². The van der Waals surface area contributed by atoms with Gasteiger partial charge in [-0.25, -0.2) is 9.55 Å². The molecule has 3 aromatic carbocycles. The van der Waals surface area contributed by atoms with Crippen molar-refractivity contribution in [3.63, 3.8) is 0 Å². The van der Waals surface area contributed by atoms with Crippen molar-refractivity contribution in [2.24, 2.45) is 7.05 Å². The van der Waals surface area contributed by atoms with E-state index in [1.165, 1.54) is 5.56 Å². The number of furan rings is 2. The van der Waals surface area contributed by atoms with Crippen LogP contribution in [0.15, 0.2) is 81.6 Å². The number of nitrogens with zero attached hydrogens (tertiary/aromatic N) is 3. The highest BCUT2D eigenvalue weighted by molar-refractivity contribution is 6.14. The summed E-state index contributed by atoms with van der Waals surface area (Å²) >= 11 is 0. The summed E-state index contributed by atoms with van der Waals surface area (Å²) in [7, 11) is 2.12. The van der Waals surface area contributed by atoms with Crippen molar-refractivity contribution in [1.29, 1.82) is 0 Å². The van der Waals surface area contributed by atoms with E-state index in [0.717, 1.165) is 66.9 Å². The van der Waals surface area contributed by atoms with Crippen LogP contribution in [0.3, 0.4) is 0 Å². The highest BCUT2D eigenvalue weighted by Gasteiger charge is 2.31. The Hall–Kier alpha value is -4.38. The molecule has 0 saturated carbocycles. The largest absolute Gasteiger partial charge is 0.451 e. The molecular weight excluding hydrogens is 434 g/mol. The van der Waals surface area contributed by atoms with E-state index < -0.39 is 0 Å². The number of aromatic nitrogens is 3. The predicted octanol–water partition coefficient (Wildman–Crippen LogP) is 7.09. The molecule has 0 fully saturated rings. The van der Waals surface area contributed by atoms with Crippen LogP contribution in [0.4, 0.5) is 0 Å². The molecule has 0 spiro atoms. The number of hydrogen-bond acceptors (Lipinski definition) is 3. The summed E-state index contributed by atoms with van der Waals surface area (Å²) in [6.07, 6.45) is 0. The molecule has 0 aliphatic rings. The van der Waals surface area contributed by atoms with Gasteiger partial charge in [0.1, 0.15) is 11.3 Å². The maximum Gasteiger partial charge on any atom is 0.298 e. The monoisotopic (exact) mass is 458 g/mol. The van der Waals surface area contributed by atoms with Crippen molar-refractivity contribution in [3.8, 4) is 17.1 Å². The van der Waals surface area contributed by atoms with Crippen molar-refractivity contribution >= 4 is 44.3 Å². The molecule has 0 aliphatic carbocycles. The topological polar surface area (TPSA) is 48.0 Å². The molecule has 5 heteroatoms. The molecule has 4 aromatic heterocycles. The van der Waals surface area contributed by atoms with Gasteiger partial charge in [-0.1, -0.05) is 36.4 Å². The normalized spacial score (nSPS) is 12.0. The summed E-state index contributed by atoms with van der Waals surface area (Å²) in [5, 5.41) is 1.85. The lowest BCUT2D eigenvalue weighted by molar-refractivity contribution is -0.633. The highest BCUT2D eigenvalue weighted by atomic mass is 16.4. The van der Waals surface area contributed by atoms with E-state index in [0.29, 0.717) is 5.71 Å². The Morgan fingerprint density at radius 1 is 0.714 bits per heavy atom. The fraction of sp³-hybridized carbons (Fsp3) is 0.133. The van der Waals surface area contributed by atoms with Crippen molar-refractivity contribution in [1.82, 2.24) is 9.55 Å². The summed E-state index contributed by atoms with van der Waals surface area (Å²) in [6.45, 7) is 6.26. The Balaban J connectivity index is 1.65. The van der Waals surface area contributed by atoms with Gasteiger partial charge in [0.25, 0.3) is 5.82 Å². The van der Waals surface area contributed by atoms with Gasteiger partial charge in [-0.3, -0.25) is 0 Å². The molecule has 7 rings (SSSR count). The van der Waals surface area contributed by atoms with E-state index in [2.05, 4.69) is 95.7 Å². The molecule has 0 unspecified atom stereocenters. The van der Waals surface area contributed by atoms with Crippen LogP contribution >= 0.6 is 0 Å². The molecular formula is C30H24N3O2+. The molecule has 0 atom stereocenters. The van der Waals surface area contributed by atoms with Crippen LogP contribution in [0.2, 0.25) is 0 Å². The van der Waals surface area contributed by atoms with Crippen molar-refractivity contribution < 1.29 is 13.4 Å². The first kappa shape index (κ1) is 20.0. The van der Waals surface area contributed by atoms with Crippen LogP contribution in [0, 0.1) is 20.8 Å². The number of hydrogen-bond donors (Lipinski definition) is 0. The number of imidazole rings is 1. The number of pyridine rings is 1. The van der Waals surface area contributed by atoms with Gasteiger partial charge in [0.15, 0.2) is 27.8 Å². The van der Waals surface area contributed by atoms with Gasteiger partial charge >= 0.3 is 0 Å². The fourth-order valence-corrected chi connectivity index (χ4v) is 5.33. The number of para-hydroxylation sites is 3. The number of aryl methyl sites for hydroxylation is 4. The summed E-state index contributed by atoms with van der Waals surface area (Å²) in [5.74, 6) is 1.07. The molecule has 0 N–H and O–H groups in total. The quantitative estimate of drug-likeness (QED) is 0.260. The Morgan fingerprint density at radius 3 is 2.31 bits per heavy atom. The van der Waals surface area contributed by atoms with Gasteiger partial charge in [-0.15, -0.1) is 0 Å². The molecule has 0 radical (unpaired) electrons. The molecule has 35 heavy (non-hydrogen) atoms. The van der Waals surface area contributed by atoms with E-state index in [1.54, 1.807) is 0 Å². The third kappa shape index (κ3) is 2.69. The van der Waals surface area contributed by atoms with Crippen molar-refractivity contribution in [2.45, 2.75) is 20.8 Å². The van der Waals surface area contributed by atoms with Crippen molar-refractivity contribution in [3.05, 3.63) is 89.6 Å². The minimum Gasteiger partial charge on any atom is -0.451 e. The summed E-state index contributed by atoms with van der Waals surface area (Å²) in [4.78, 5) is 4.56. The van der Waals surface area contributed by atoms with Crippen LogP contribution in [-0.2, 0) is 7.05 Å². The lowest BCUT2D eigenvalue weighted by Gasteiger charge is -2.09. The lowest BCUT2D eigenvalue weighted by Crippen LogP contribution is -2.30. The summed E-state index contributed by atoms with van der Waals surface area (Å²) in [5.41, 5.74) is 10.7. The van der Waals surface area contributed by atoms with Gasteiger partial charge in [0.05, 0.1) is 17.8 Å². The average molecular weight is 459 g/mol. The zero-order chi connectivity index (χ0) is 23.8. The first-order chi connectivity index (χ1) is 17.0. The zero-order valence-corrected chi connectivity index (χ0v) is 20.1. The van der Waals surface area contributed by atoms with Gasteiger partial charge in [-0.2, -0.15) is 4.57 Å². The first-order valence-corrected chi connectivity index (χ1v) is 11.8. The first-order valence-electron chi connectivity index (χ1n) is 11.8. The summed E-state index contributed by atoms with van der Waals surface area (Å²) < 4.78 is 17.5. The Morgan fingerprint density at radius 2 is 1.46 bits per heavy atom. The van der Waals surface area contributed by atoms with E-state index in [4.69, 9.17) is 8.83 Å². The third-order valence-corrected chi connectivity index (χ3v) is 7.06. The van der Waals surface area contributed by atoms with Crippen LogP contribution in [0.5, 0.6) is 0 Å². The minimum absolute atomic E-state index is 0.613. The minimum atomic E-state index is 0.613. The fourth-order valence-electron chi connectivity index (χ4n) is 5.33. The molecule has 0 bridgehead atoms. The smallest absolute Gasteiger partial charge is 0.298 e. The Kier molecular flexibility index (Phi) is 4.04. The van der Waals surface area contributed by atoms with Crippen molar-refractivity contribution in [2.75, 3.05) is 0 Å². The zero-order valence-electron chi connectivity index (χ0n) is 20.1. The molecule has 7 aromatic rings. The number of benzene rings is 3. The number of fused-ring (bicyclic) bond motifs is 6. The van der Waals surface area contributed by atoms with Gasteiger partial charge in [-0.05, 0) is 68.3 Å². The molecule has 0 aliphatic heterocycles. The second kappa shape index (κ2) is 7.06. The van der Waals surface area contributed by atoms with Gasteiger partial charge in [0.2, 0.25) is 5.71 Å². The maximum atomic E-state index is 6.62. The standard InChI is InChI=1S/C30H24N3O2/c1-17-9-5-6-10-22(17)33-24-12-8-7-11-23(24)32(4)30(33)25-18(2)13-15-20-26(25)34-28-21-16-14-19(3)31-29(21)35-27(20)28/h5-16H,1-4H3/q+1. The predicted molar refractivity (Wildman–Crippen MR) is 139 cm³/mol. The molecule has 5 nitrogen and oxygen atoms in total. The van der Waals surface area contributed by atoms with E-state index in [-0.39, 0.29) is 0 Å². The summed E-state index contributed by atoms with van der Waals surface area (Å²) in [6, 6.07) is 25.3. The highest BCUT2D eigenvalue weighted by Crippen LogP contribution is 2.42. The van der Waals surface area contributed by atoms with Crippen LogP contribution in [0.25, 0.3) is 61.3 Å². The average Bonchev–Trinajstić information content (AvgIpc) is 3.48. The van der Waals surface area contributed by atoms with Gasteiger partial charge in [0, 0.05) is 5.69 Å². The van der Waals surface area contributed by atoms with Gasteiger partial charge < -0.3 is 8.83 Å². The SMILES string of the molecule is Cc1ccc2c(n1)oc1c3ccc(C)c(-c4n(-c5ccccc5C)c5ccccc5[n+]4C)c3oc21. The maximum absolute atomic E-state index is 6.62. The molecule has 0 amide bonds.